The summed E-state index contributed by atoms with van der Waals surface area (Å²) >= 11 is 0. The highest BCUT2D eigenvalue weighted by Crippen LogP contribution is 2.32. The minimum atomic E-state index is -0.468. The first kappa shape index (κ1) is 15.0. The Morgan fingerprint density at radius 2 is 1.96 bits per heavy atom. The lowest BCUT2D eigenvalue weighted by Gasteiger charge is -2.15. The number of carbonyl (C=O) groups is 2. The first-order chi connectivity index (χ1) is 11.2. The largest absolute Gasteiger partial charge is 0.489 e. The Morgan fingerprint density at radius 3 is 2.78 bits per heavy atom. The first-order valence-corrected chi connectivity index (χ1v) is 7.34. The number of ether oxygens (including phenoxy) is 2. The summed E-state index contributed by atoms with van der Waals surface area (Å²) in [5.74, 6) is -0.0726. The zero-order valence-corrected chi connectivity index (χ0v) is 12.7. The van der Waals surface area contributed by atoms with Gasteiger partial charge in [-0.05, 0) is 23.6 Å². The van der Waals surface area contributed by atoms with Crippen molar-refractivity contribution in [2.75, 3.05) is 13.7 Å². The SMILES string of the molecule is COC(=O)c1cccc2ccc3c(c12)C(=O)C/C=C\C=C/CO3. The second-order valence-corrected chi connectivity index (χ2v) is 5.13. The third kappa shape index (κ3) is 2.88. The van der Waals surface area contributed by atoms with Gasteiger partial charge in [0.15, 0.2) is 5.78 Å². The number of hydrogen-bond donors (Lipinski definition) is 0. The van der Waals surface area contributed by atoms with Crippen LogP contribution in [0.25, 0.3) is 10.8 Å². The minimum absolute atomic E-state index is 0.0893. The van der Waals surface area contributed by atoms with E-state index in [9.17, 15) is 9.59 Å². The van der Waals surface area contributed by atoms with Gasteiger partial charge in [0.25, 0.3) is 0 Å². The summed E-state index contributed by atoms with van der Waals surface area (Å²) in [6.45, 7) is 0.358. The van der Waals surface area contributed by atoms with Crippen LogP contribution < -0.4 is 4.74 Å². The van der Waals surface area contributed by atoms with Crippen molar-refractivity contribution in [3.05, 3.63) is 65.8 Å². The van der Waals surface area contributed by atoms with Crippen LogP contribution in [-0.2, 0) is 4.74 Å². The molecule has 0 bridgehead atoms. The van der Waals surface area contributed by atoms with Gasteiger partial charge in [-0.15, -0.1) is 0 Å². The van der Waals surface area contributed by atoms with Crippen molar-refractivity contribution in [3.8, 4) is 5.75 Å². The molecule has 4 heteroatoms. The number of hydrogen-bond acceptors (Lipinski definition) is 4. The van der Waals surface area contributed by atoms with Crippen molar-refractivity contribution in [2.45, 2.75) is 6.42 Å². The van der Waals surface area contributed by atoms with Gasteiger partial charge in [0.1, 0.15) is 12.4 Å². The number of allylic oxidation sites excluding steroid dienone is 3. The molecule has 0 saturated heterocycles. The molecule has 4 nitrogen and oxygen atoms in total. The van der Waals surface area contributed by atoms with Crippen molar-refractivity contribution in [3.63, 3.8) is 0 Å². The van der Waals surface area contributed by atoms with Crippen LogP contribution in [0.4, 0.5) is 0 Å². The Balaban J connectivity index is 2.30. The Hall–Kier alpha value is -2.88. The number of fused-ring (bicyclic) bond motifs is 3. The van der Waals surface area contributed by atoms with Crippen LogP contribution >= 0.6 is 0 Å². The Kier molecular flexibility index (Phi) is 4.24. The van der Waals surface area contributed by atoms with E-state index in [1.807, 2.05) is 30.4 Å². The molecule has 0 saturated carbocycles. The van der Waals surface area contributed by atoms with E-state index in [1.54, 1.807) is 24.3 Å². The van der Waals surface area contributed by atoms with E-state index in [1.165, 1.54) is 7.11 Å². The molecule has 116 valence electrons. The fraction of sp³-hybridized carbons (Fsp3) is 0.158. The average Bonchev–Trinajstić information content (AvgIpc) is 2.59. The fourth-order valence-corrected chi connectivity index (χ4v) is 2.66. The zero-order chi connectivity index (χ0) is 16.2. The van der Waals surface area contributed by atoms with Crippen molar-refractivity contribution >= 4 is 22.5 Å². The molecule has 0 unspecified atom stereocenters. The van der Waals surface area contributed by atoms with Crippen LogP contribution in [0.15, 0.2) is 54.6 Å². The van der Waals surface area contributed by atoms with Crippen LogP contribution in [0, 0.1) is 0 Å². The predicted octanol–water partition coefficient (Wildman–Crippen LogP) is 3.70. The molecule has 0 amide bonds. The summed E-state index contributed by atoms with van der Waals surface area (Å²) < 4.78 is 10.6. The highest BCUT2D eigenvalue weighted by atomic mass is 16.5. The van der Waals surface area contributed by atoms with Crippen LogP contribution in [0.3, 0.4) is 0 Å². The molecule has 23 heavy (non-hydrogen) atoms. The summed E-state index contributed by atoms with van der Waals surface area (Å²) in [6, 6.07) is 8.92. The Morgan fingerprint density at radius 1 is 1.13 bits per heavy atom. The molecule has 0 aromatic heterocycles. The summed E-state index contributed by atoms with van der Waals surface area (Å²) in [5, 5.41) is 1.39. The number of rotatable bonds is 1. The molecular weight excluding hydrogens is 292 g/mol. The van der Waals surface area contributed by atoms with Gasteiger partial charge in [-0.1, -0.05) is 36.4 Å². The molecule has 0 spiro atoms. The van der Waals surface area contributed by atoms with Gasteiger partial charge in [-0.25, -0.2) is 4.79 Å². The van der Waals surface area contributed by atoms with Crippen LogP contribution in [0.1, 0.15) is 27.1 Å². The molecule has 2 aromatic carbocycles. The number of Topliss-reactive ketones (excluding diaryl/α,β-unsaturated/α-hetero) is 1. The standard InChI is InChI=1S/C19H16O4/c1-22-19(21)14-8-6-7-13-10-11-16-18(17(13)14)15(20)9-4-2-3-5-12-23-16/h2-8,10-11H,9,12H2,1H3/b4-2-,5-3-. The van der Waals surface area contributed by atoms with Gasteiger partial charge in [0, 0.05) is 11.8 Å². The van der Waals surface area contributed by atoms with E-state index in [0.717, 1.165) is 5.39 Å². The summed E-state index contributed by atoms with van der Waals surface area (Å²) in [4.78, 5) is 24.8. The maximum atomic E-state index is 12.7. The molecule has 0 aliphatic carbocycles. The second-order valence-electron chi connectivity index (χ2n) is 5.13. The third-order valence-corrected chi connectivity index (χ3v) is 3.71. The molecule has 0 fully saturated rings. The molecule has 3 rings (SSSR count). The normalized spacial score (nSPS) is 17.0. The number of esters is 1. The van der Waals surface area contributed by atoms with Crippen LogP contribution in [0.5, 0.6) is 5.75 Å². The van der Waals surface area contributed by atoms with Gasteiger partial charge >= 0.3 is 5.97 Å². The summed E-state index contributed by atoms with van der Waals surface area (Å²) in [7, 11) is 1.33. The van der Waals surface area contributed by atoms with Crippen LogP contribution in [-0.4, -0.2) is 25.5 Å². The van der Waals surface area contributed by atoms with Crippen molar-refractivity contribution < 1.29 is 19.1 Å². The Bertz CT molecular complexity index is 831. The monoisotopic (exact) mass is 308 g/mol. The van der Waals surface area contributed by atoms with E-state index in [2.05, 4.69) is 0 Å². The van der Waals surface area contributed by atoms with Crippen LogP contribution in [0.2, 0.25) is 0 Å². The molecule has 1 aliphatic heterocycles. The number of benzene rings is 2. The van der Waals surface area contributed by atoms with Gasteiger partial charge in [-0.3, -0.25) is 4.79 Å². The van der Waals surface area contributed by atoms with E-state index < -0.39 is 5.97 Å². The number of methoxy groups -OCH3 is 1. The summed E-state index contributed by atoms with van der Waals surface area (Å²) in [5.41, 5.74) is 0.804. The lowest BCUT2D eigenvalue weighted by atomic mass is 9.94. The maximum absolute atomic E-state index is 12.7. The maximum Gasteiger partial charge on any atom is 0.338 e. The molecule has 1 aliphatic rings. The number of ketones is 1. The molecule has 0 N–H and O–H groups in total. The highest BCUT2D eigenvalue weighted by Gasteiger charge is 2.21. The van der Waals surface area contributed by atoms with Gasteiger partial charge in [-0.2, -0.15) is 0 Å². The molecule has 0 atom stereocenters. The highest BCUT2D eigenvalue weighted by molar-refractivity contribution is 6.17. The molecule has 0 radical (unpaired) electrons. The topological polar surface area (TPSA) is 52.6 Å². The molecule has 2 aromatic rings. The van der Waals surface area contributed by atoms with E-state index in [-0.39, 0.29) is 12.2 Å². The lowest BCUT2D eigenvalue weighted by Crippen LogP contribution is -2.09. The van der Waals surface area contributed by atoms with E-state index in [0.29, 0.717) is 28.9 Å². The van der Waals surface area contributed by atoms with E-state index in [4.69, 9.17) is 9.47 Å². The van der Waals surface area contributed by atoms with Gasteiger partial charge in [0.2, 0.25) is 0 Å². The predicted molar refractivity (Wildman–Crippen MR) is 88.0 cm³/mol. The number of carbonyl (C=O) groups excluding carboxylic acids is 2. The molecular formula is C19H16O4. The average molecular weight is 308 g/mol. The third-order valence-electron chi connectivity index (χ3n) is 3.71. The first-order valence-electron chi connectivity index (χ1n) is 7.34. The lowest BCUT2D eigenvalue weighted by molar-refractivity contribution is 0.0603. The molecule has 1 heterocycles. The summed E-state index contributed by atoms with van der Waals surface area (Å²) in [6.07, 6.45) is 7.58. The second kappa shape index (κ2) is 6.48. The van der Waals surface area contributed by atoms with Gasteiger partial charge < -0.3 is 9.47 Å². The Labute approximate surface area is 134 Å². The van der Waals surface area contributed by atoms with E-state index >= 15 is 0 Å². The quantitative estimate of drug-likeness (QED) is 0.754. The van der Waals surface area contributed by atoms with Crippen molar-refractivity contribution in [1.82, 2.24) is 0 Å². The van der Waals surface area contributed by atoms with Crippen molar-refractivity contribution in [1.29, 1.82) is 0 Å². The zero-order valence-electron chi connectivity index (χ0n) is 12.7. The van der Waals surface area contributed by atoms with Crippen molar-refractivity contribution in [2.24, 2.45) is 0 Å². The minimum Gasteiger partial charge on any atom is -0.489 e. The van der Waals surface area contributed by atoms with Gasteiger partial charge in [0.05, 0.1) is 18.2 Å². The fourth-order valence-electron chi connectivity index (χ4n) is 2.66. The smallest absolute Gasteiger partial charge is 0.338 e.